The number of nitrogens with zero attached hydrogens (tertiary/aromatic N) is 4. The Bertz CT molecular complexity index is 1090. The summed E-state index contributed by atoms with van der Waals surface area (Å²) in [6.45, 7) is 8.00. The van der Waals surface area contributed by atoms with Crippen LogP contribution in [0.3, 0.4) is 0 Å². The van der Waals surface area contributed by atoms with Crippen molar-refractivity contribution in [1.82, 2.24) is 19.7 Å². The summed E-state index contributed by atoms with van der Waals surface area (Å²) in [6, 6.07) is 7.09. The summed E-state index contributed by atoms with van der Waals surface area (Å²) < 4.78 is 7.12. The molecule has 0 saturated heterocycles. The van der Waals surface area contributed by atoms with Gasteiger partial charge in [0.1, 0.15) is 5.82 Å². The van der Waals surface area contributed by atoms with Gasteiger partial charge in [0.05, 0.1) is 12.3 Å². The molecule has 0 radical (unpaired) electrons. The number of anilines is 1. The van der Waals surface area contributed by atoms with Crippen LogP contribution in [0.4, 0.5) is 5.82 Å². The van der Waals surface area contributed by atoms with Gasteiger partial charge in [-0.3, -0.25) is 4.79 Å². The van der Waals surface area contributed by atoms with E-state index < -0.39 is 0 Å². The summed E-state index contributed by atoms with van der Waals surface area (Å²) in [5.74, 6) is 1.16. The van der Waals surface area contributed by atoms with Crippen molar-refractivity contribution in [2.24, 2.45) is 0 Å². The fourth-order valence-corrected chi connectivity index (χ4v) is 3.80. The second-order valence-corrected chi connectivity index (χ2v) is 7.18. The van der Waals surface area contributed by atoms with Gasteiger partial charge in [-0.2, -0.15) is 9.78 Å². The molecule has 0 spiro atoms. The van der Waals surface area contributed by atoms with Crippen molar-refractivity contribution < 1.29 is 14.6 Å². The number of benzene rings is 1. The Kier molecular flexibility index (Phi) is 4.70. The molecule has 1 aromatic carbocycles. The van der Waals surface area contributed by atoms with E-state index in [9.17, 15) is 9.90 Å². The number of ether oxygens (including phenoxy) is 1. The lowest BCUT2D eigenvalue weighted by molar-refractivity contribution is -0.116. The van der Waals surface area contributed by atoms with Crippen LogP contribution in [-0.4, -0.2) is 37.4 Å². The molecule has 2 aromatic heterocycles. The number of carbonyl (C=O) groups excluding carboxylic acids is 1. The fourth-order valence-electron chi connectivity index (χ4n) is 3.80. The van der Waals surface area contributed by atoms with Crippen LogP contribution >= 0.6 is 0 Å². The van der Waals surface area contributed by atoms with Gasteiger partial charge in [0, 0.05) is 29.3 Å². The molecule has 1 aliphatic heterocycles. The summed E-state index contributed by atoms with van der Waals surface area (Å²) in [5, 5.41) is 17.6. The Hall–Kier alpha value is -3.42. The van der Waals surface area contributed by atoms with Crippen molar-refractivity contribution in [2.45, 2.75) is 40.0 Å². The average molecular weight is 393 g/mol. The SMILES string of the molecule is CCOc1cc(C2CC(=O)Nc3c2c(C)nn3-c2nc(C)cc(C)n2)ccc1O. The van der Waals surface area contributed by atoms with Gasteiger partial charge in [0.15, 0.2) is 11.5 Å². The minimum atomic E-state index is -0.210. The molecule has 1 amide bonds. The summed E-state index contributed by atoms with van der Waals surface area (Å²) in [7, 11) is 0. The Labute approximate surface area is 168 Å². The van der Waals surface area contributed by atoms with Gasteiger partial charge in [-0.05, 0) is 51.5 Å². The number of amides is 1. The van der Waals surface area contributed by atoms with Crippen LogP contribution in [0, 0.1) is 20.8 Å². The molecule has 4 rings (SSSR count). The minimum absolute atomic E-state index is 0.0761. The second-order valence-electron chi connectivity index (χ2n) is 7.18. The van der Waals surface area contributed by atoms with Crippen LogP contribution in [0.1, 0.15) is 47.5 Å². The number of aromatic nitrogens is 4. The summed E-state index contributed by atoms with van der Waals surface area (Å²) in [6.07, 6.45) is 0.281. The van der Waals surface area contributed by atoms with Gasteiger partial charge < -0.3 is 15.2 Å². The van der Waals surface area contributed by atoms with E-state index in [1.54, 1.807) is 16.8 Å². The predicted octanol–water partition coefficient (Wildman–Crippen LogP) is 3.17. The average Bonchev–Trinajstić information content (AvgIpc) is 2.99. The van der Waals surface area contributed by atoms with Crippen molar-refractivity contribution in [2.75, 3.05) is 11.9 Å². The lowest BCUT2D eigenvalue weighted by Crippen LogP contribution is -2.25. The third-order valence-electron chi connectivity index (χ3n) is 4.95. The second kappa shape index (κ2) is 7.20. The molecule has 2 N–H and O–H groups in total. The monoisotopic (exact) mass is 393 g/mol. The highest BCUT2D eigenvalue weighted by Gasteiger charge is 2.33. The third-order valence-corrected chi connectivity index (χ3v) is 4.95. The highest BCUT2D eigenvalue weighted by atomic mass is 16.5. The number of phenols is 1. The van der Waals surface area contributed by atoms with E-state index in [0.29, 0.717) is 24.1 Å². The molecule has 0 aliphatic carbocycles. The van der Waals surface area contributed by atoms with Crippen molar-refractivity contribution in [3.05, 3.63) is 52.5 Å². The molecule has 0 bridgehead atoms. The van der Waals surface area contributed by atoms with Crippen LogP contribution in [-0.2, 0) is 4.79 Å². The molecule has 1 atom stereocenters. The standard InChI is InChI=1S/C21H23N5O3/c1-5-29-17-9-14(6-7-16(17)27)15-10-18(28)24-20-19(15)13(4)25-26(20)21-22-11(2)8-12(3)23-21/h6-9,15,27H,5,10H2,1-4H3,(H,24,28). The van der Waals surface area contributed by atoms with Crippen LogP contribution in [0.15, 0.2) is 24.3 Å². The third kappa shape index (κ3) is 3.41. The zero-order valence-electron chi connectivity index (χ0n) is 16.9. The van der Waals surface area contributed by atoms with Gasteiger partial charge in [0.2, 0.25) is 5.91 Å². The maximum absolute atomic E-state index is 12.5. The number of hydrogen-bond donors (Lipinski definition) is 2. The first-order chi connectivity index (χ1) is 13.9. The highest BCUT2D eigenvalue weighted by molar-refractivity contribution is 5.95. The Morgan fingerprint density at radius 1 is 1.21 bits per heavy atom. The molecule has 29 heavy (non-hydrogen) atoms. The fraction of sp³-hybridized carbons (Fsp3) is 0.333. The maximum Gasteiger partial charge on any atom is 0.252 e. The molecule has 150 valence electrons. The Balaban J connectivity index is 1.85. The Morgan fingerprint density at radius 3 is 2.62 bits per heavy atom. The van der Waals surface area contributed by atoms with E-state index in [1.165, 1.54) is 0 Å². The van der Waals surface area contributed by atoms with Crippen molar-refractivity contribution in [3.8, 4) is 17.4 Å². The molecule has 0 saturated carbocycles. The zero-order valence-corrected chi connectivity index (χ0v) is 16.9. The Morgan fingerprint density at radius 2 is 1.93 bits per heavy atom. The number of aryl methyl sites for hydroxylation is 3. The summed E-state index contributed by atoms with van der Waals surface area (Å²) in [4.78, 5) is 21.5. The van der Waals surface area contributed by atoms with E-state index in [1.807, 2.05) is 39.8 Å². The first kappa shape index (κ1) is 18.9. The molecule has 0 fully saturated rings. The van der Waals surface area contributed by atoms with E-state index in [2.05, 4.69) is 20.4 Å². The van der Waals surface area contributed by atoms with Crippen molar-refractivity contribution in [1.29, 1.82) is 0 Å². The van der Waals surface area contributed by atoms with Gasteiger partial charge in [-0.1, -0.05) is 6.07 Å². The van der Waals surface area contributed by atoms with E-state index in [0.717, 1.165) is 28.2 Å². The molecule has 1 unspecified atom stereocenters. The predicted molar refractivity (Wildman–Crippen MR) is 108 cm³/mol. The molecule has 8 nitrogen and oxygen atoms in total. The molecular weight excluding hydrogens is 370 g/mol. The normalized spacial score (nSPS) is 15.7. The van der Waals surface area contributed by atoms with E-state index >= 15 is 0 Å². The van der Waals surface area contributed by atoms with E-state index in [4.69, 9.17) is 4.74 Å². The lowest BCUT2D eigenvalue weighted by atomic mass is 9.85. The molecular formula is C21H23N5O3. The van der Waals surface area contributed by atoms with Crippen molar-refractivity contribution in [3.63, 3.8) is 0 Å². The molecule has 3 heterocycles. The smallest absolute Gasteiger partial charge is 0.252 e. The molecule has 3 aromatic rings. The number of aromatic hydroxyl groups is 1. The van der Waals surface area contributed by atoms with Gasteiger partial charge in [0.25, 0.3) is 5.95 Å². The summed E-state index contributed by atoms with van der Waals surface area (Å²) >= 11 is 0. The molecule has 8 heteroatoms. The topological polar surface area (TPSA) is 102 Å². The first-order valence-corrected chi connectivity index (χ1v) is 9.55. The summed E-state index contributed by atoms with van der Waals surface area (Å²) in [5.41, 5.74) is 4.24. The highest BCUT2D eigenvalue weighted by Crippen LogP contribution is 2.42. The quantitative estimate of drug-likeness (QED) is 0.706. The maximum atomic E-state index is 12.5. The zero-order chi connectivity index (χ0) is 20.7. The van der Waals surface area contributed by atoms with Gasteiger partial charge in [-0.25, -0.2) is 9.97 Å². The van der Waals surface area contributed by atoms with Crippen LogP contribution in [0.25, 0.3) is 5.95 Å². The van der Waals surface area contributed by atoms with Crippen molar-refractivity contribution >= 4 is 11.7 Å². The number of fused-ring (bicyclic) bond motifs is 1. The number of phenolic OH excluding ortho intramolecular Hbond substituents is 1. The molecule has 1 aliphatic rings. The number of hydrogen-bond acceptors (Lipinski definition) is 6. The van der Waals surface area contributed by atoms with E-state index in [-0.39, 0.29) is 24.0 Å². The first-order valence-electron chi connectivity index (χ1n) is 9.55. The minimum Gasteiger partial charge on any atom is -0.504 e. The van der Waals surface area contributed by atoms with Crippen LogP contribution in [0.2, 0.25) is 0 Å². The van der Waals surface area contributed by atoms with Gasteiger partial charge >= 0.3 is 0 Å². The number of nitrogens with one attached hydrogen (secondary N) is 1. The number of rotatable bonds is 4. The van der Waals surface area contributed by atoms with Crippen LogP contribution < -0.4 is 10.1 Å². The largest absolute Gasteiger partial charge is 0.504 e. The number of carbonyl (C=O) groups is 1. The van der Waals surface area contributed by atoms with Gasteiger partial charge in [-0.15, -0.1) is 0 Å². The lowest BCUT2D eigenvalue weighted by Gasteiger charge is -2.24. The van der Waals surface area contributed by atoms with Crippen LogP contribution in [0.5, 0.6) is 11.5 Å².